The van der Waals surface area contributed by atoms with Gasteiger partial charge in [0.05, 0.1) is 11.4 Å². The lowest BCUT2D eigenvalue weighted by atomic mass is 10.1. The van der Waals surface area contributed by atoms with Crippen molar-refractivity contribution >= 4 is 21.6 Å². The van der Waals surface area contributed by atoms with Crippen LogP contribution in [0, 0.1) is 13.8 Å². The molecule has 0 aromatic heterocycles. The van der Waals surface area contributed by atoms with E-state index in [1.165, 1.54) is 5.56 Å². The molecule has 1 amide bonds. The molecule has 2 aromatic rings. The summed E-state index contributed by atoms with van der Waals surface area (Å²) in [5, 5.41) is 3.00. The number of nitrogens with one attached hydrogen (secondary N) is 1. The summed E-state index contributed by atoms with van der Waals surface area (Å²) in [6, 6.07) is 11.5. The van der Waals surface area contributed by atoms with Crippen LogP contribution in [0.25, 0.3) is 0 Å². The molecule has 7 heteroatoms. The number of piperazine rings is 1. The second-order valence-electron chi connectivity index (χ2n) is 8.28. The van der Waals surface area contributed by atoms with Gasteiger partial charge in [-0.1, -0.05) is 24.3 Å². The Morgan fingerprint density at radius 2 is 1.63 bits per heavy atom. The van der Waals surface area contributed by atoms with Gasteiger partial charge in [-0.3, -0.25) is 9.69 Å². The molecule has 0 atom stereocenters. The Bertz CT molecular complexity index is 1040. The van der Waals surface area contributed by atoms with E-state index in [0.717, 1.165) is 41.6 Å². The standard InChI is InChI=1S/C23H29N3O3S/c1-17-5-3-6-18(2)23(17)24-22(27)16-25-11-13-26(14-12-25)30(28,29)21-10-9-19-7-4-8-20(19)15-21/h3,5-6,9-10,15H,4,7-8,11-14,16H2,1-2H3,(H,24,27). The van der Waals surface area contributed by atoms with Crippen molar-refractivity contribution < 1.29 is 13.2 Å². The molecule has 2 aliphatic rings. The average molecular weight is 428 g/mol. The van der Waals surface area contributed by atoms with E-state index in [9.17, 15) is 13.2 Å². The highest BCUT2D eigenvalue weighted by molar-refractivity contribution is 7.89. The summed E-state index contributed by atoms with van der Waals surface area (Å²) in [5.74, 6) is -0.0673. The van der Waals surface area contributed by atoms with Gasteiger partial charge in [-0.25, -0.2) is 8.42 Å². The molecule has 1 saturated heterocycles. The molecule has 1 fully saturated rings. The van der Waals surface area contributed by atoms with Crippen molar-refractivity contribution in [2.24, 2.45) is 0 Å². The van der Waals surface area contributed by atoms with Gasteiger partial charge in [-0.05, 0) is 67.5 Å². The summed E-state index contributed by atoms with van der Waals surface area (Å²) in [4.78, 5) is 14.9. The zero-order valence-electron chi connectivity index (χ0n) is 17.6. The first-order chi connectivity index (χ1) is 14.3. The number of sulfonamides is 1. The Kier molecular flexibility index (Phi) is 5.95. The largest absolute Gasteiger partial charge is 0.324 e. The van der Waals surface area contributed by atoms with Crippen LogP contribution < -0.4 is 5.32 Å². The number of benzene rings is 2. The second kappa shape index (κ2) is 8.49. The summed E-state index contributed by atoms with van der Waals surface area (Å²) >= 11 is 0. The van der Waals surface area contributed by atoms with Gasteiger partial charge in [0, 0.05) is 31.9 Å². The molecule has 4 rings (SSSR count). The molecule has 30 heavy (non-hydrogen) atoms. The van der Waals surface area contributed by atoms with E-state index in [1.807, 2.05) is 49.1 Å². The zero-order valence-corrected chi connectivity index (χ0v) is 18.5. The maximum atomic E-state index is 13.1. The fraction of sp³-hybridized carbons (Fsp3) is 0.435. The van der Waals surface area contributed by atoms with E-state index in [0.29, 0.717) is 31.1 Å². The number of fused-ring (bicyclic) bond motifs is 1. The molecular weight excluding hydrogens is 398 g/mol. The molecule has 0 bridgehead atoms. The summed E-state index contributed by atoms with van der Waals surface area (Å²) < 4.78 is 27.7. The van der Waals surface area contributed by atoms with Crippen molar-refractivity contribution in [3.8, 4) is 0 Å². The SMILES string of the molecule is Cc1cccc(C)c1NC(=O)CN1CCN(S(=O)(=O)c2ccc3c(c2)CCC3)CC1. The van der Waals surface area contributed by atoms with E-state index < -0.39 is 10.0 Å². The predicted molar refractivity (Wildman–Crippen MR) is 118 cm³/mol. The van der Waals surface area contributed by atoms with Crippen LogP contribution in [0.15, 0.2) is 41.3 Å². The third-order valence-corrected chi connectivity index (χ3v) is 8.05. The number of aryl methyl sites for hydroxylation is 4. The molecule has 1 aliphatic heterocycles. The lowest BCUT2D eigenvalue weighted by molar-refractivity contribution is -0.117. The molecule has 0 saturated carbocycles. The summed E-state index contributed by atoms with van der Waals surface area (Å²) in [6.07, 6.45) is 3.10. The Balaban J connectivity index is 1.35. The second-order valence-corrected chi connectivity index (χ2v) is 10.2. The minimum absolute atomic E-state index is 0.0673. The van der Waals surface area contributed by atoms with Crippen LogP contribution in [-0.4, -0.2) is 56.3 Å². The van der Waals surface area contributed by atoms with Gasteiger partial charge in [-0.15, -0.1) is 0 Å². The number of hydrogen-bond donors (Lipinski definition) is 1. The predicted octanol–water partition coefficient (Wildman–Crippen LogP) is 2.74. The average Bonchev–Trinajstić information content (AvgIpc) is 3.19. The highest BCUT2D eigenvalue weighted by Crippen LogP contribution is 2.27. The van der Waals surface area contributed by atoms with E-state index in [2.05, 4.69) is 5.32 Å². The maximum absolute atomic E-state index is 13.1. The minimum Gasteiger partial charge on any atom is -0.324 e. The molecule has 160 valence electrons. The van der Waals surface area contributed by atoms with Gasteiger partial charge in [-0.2, -0.15) is 4.31 Å². The molecule has 1 N–H and O–H groups in total. The minimum atomic E-state index is -3.49. The number of para-hydroxylation sites is 1. The van der Waals surface area contributed by atoms with Crippen LogP contribution in [0.2, 0.25) is 0 Å². The van der Waals surface area contributed by atoms with Crippen LogP contribution in [0.3, 0.4) is 0 Å². The fourth-order valence-corrected chi connectivity index (χ4v) is 5.85. The molecule has 1 aliphatic carbocycles. The van der Waals surface area contributed by atoms with E-state index in [-0.39, 0.29) is 12.5 Å². The fourth-order valence-electron chi connectivity index (χ4n) is 4.38. The Morgan fingerprint density at radius 3 is 2.33 bits per heavy atom. The van der Waals surface area contributed by atoms with Gasteiger partial charge in [0.15, 0.2) is 0 Å². The van der Waals surface area contributed by atoms with Gasteiger partial charge in [0.25, 0.3) is 0 Å². The molecule has 0 spiro atoms. The monoisotopic (exact) mass is 427 g/mol. The number of carbonyl (C=O) groups is 1. The van der Waals surface area contributed by atoms with E-state index >= 15 is 0 Å². The lowest BCUT2D eigenvalue weighted by Crippen LogP contribution is -2.50. The van der Waals surface area contributed by atoms with Crippen LogP contribution in [-0.2, 0) is 27.7 Å². The molecule has 1 heterocycles. The summed E-state index contributed by atoms with van der Waals surface area (Å²) in [7, 11) is -3.49. The summed E-state index contributed by atoms with van der Waals surface area (Å²) in [6.45, 7) is 6.11. The Labute approximate surface area is 178 Å². The van der Waals surface area contributed by atoms with E-state index in [1.54, 1.807) is 10.4 Å². The van der Waals surface area contributed by atoms with Crippen molar-refractivity contribution in [2.75, 3.05) is 38.0 Å². The number of hydrogen-bond acceptors (Lipinski definition) is 4. The smallest absolute Gasteiger partial charge is 0.243 e. The topological polar surface area (TPSA) is 69.7 Å². The Morgan fingerprint density at radius 1 is 0.967 bits per heavy atom. The highest BCUT2D eigenvalue weighted by atomic mass is 32.2. The highest BCUT2D eigenvalue weighted by Gasteiger charge is 2.30. The van der Waals surface area contributed by atoms with Crippen molar-refractivity contribution in [3.05, 3.63) is 58.7 Å². The zero-order chi connectivity index (χ0) is 21.3. The van der Waals surface area contributed by atoms with Gasteiger partial charge >= 0.3 is 0 Å². The molecular formula is C23H29N3O3S. The molecule has 0 radical (unpaired) electrons. The van der Waals surface area contributed by atoms with Gasteiger partial charge in [0.1, 0.15) is 0 Å². The van der Waals surface area contributed by atoms with E-state index in [4.69, 9.17) is 0 Å². The maximum Gasteiger partial charge on any atom is 0.243 e. The number of nitrogens with zero attached hydrogens (tertiary/aromatic N) is 2. The van der Waals surface area contributed by atoms with Gasteiger partial charge in [0.2, 0.25) is 15.9 Å². The molecule has 2 aromatic carbocycles. The first-order valence-electron chi connectivity index (χ1n) is 10.5. The number of rotatable bonds is 5. The van der Waals surface area contributed by atoms with Crippen LogP contribution in [0.5, 0.6) is 0 Å². The van der Waals surface area contributed by atoms with Crippen LogP contribution >= 0.6 is 0 Å². The van der Waals surface area contributed by atoms with Crippen molar-refractivity contribution in [1.82, 2.24) is 9.21 Å². The van der Waals surface area contributed by atoms with Crippen LogP contribution in [0.4, 0.5) is 5.69 Å². The molecule has 6 nitrogen and oxygen atoms in total. The molecule has 0 unspecified atom stereocenters. The quantitative estimate of drug-likeness (QED) is 0.797. The Hall–Kier alpha value is -2.22. The normalized spacial score (nSPS) is 17.7. The first-order valence-corrected chi connectivity index (χ1v) is 12.0. The number of amides is 1. The van der Waals surface area contributed by atoms with Crippen molar-refractivity contribution in [3.63, 3.8) is 0 Å². The van der Waals surface area contributed by atoms with Crippen molar-refractivity contribution in [1.29, 1.82) is 0 Å². The van der Waals surface area contributed by atoms with Crippen LogP contribution in [0.1, 0.15) is 28.7 Å². The van der Waals surface area contributed by atoms with Crippen molar-refractivity contribution in [2.45, 2.75) is 38.0 Å². The lowest BCUT2D eigenvalue weighted by Gasteiger charge is -2.33. The third-order valence-electron chi connectivity index (χ3n) is 6.15. The number of anilines is 1. The number of carbonyl (C=O) groups excluding carboxylic acids is 1. The third kappa shape index (κ3) is 4.29. The van der Waals surface area contributed by atoms with Gasteiger partial charge < -0.3 is 5.32 Å². The first kappa shape index (κ1) is 21.0. The summed E-state index contributed by atoms with van der Waals surface area (Å²) in [5.41, 5.74) is 5.37.